The maximum Gasteiger partial charge on any atom is 0.264 e. The first-order valence-corrected chi connectivity index (χ1v) is 11.0. The lowest BCUT2D eigenvalue weighted by molar-refractivity contribution is 0.102. The van der Waals surface area contributed by atoms with Crippen molar-refractivity contribution in [1.29, 1.82) is 0 Å². The Balaban J connectivity index is 1.80. The molecule has 3 rings (SSSR count). The van der Waals surface area contributed by atoms with Gasteiger partial charge in [0.25, 0.3) is 15.9 Å². The summed E-state index contributed by atoms with van der Waals surface area (Å²) in [5.41, 5.74) is 0.733. The molecule has 1 N–H and O–H groups in total. The number of hydrogen-bond donors (Lipinski definition) is 1. The summed E-state index contributed by atoms with van der Waals surface area (Å²) in [6.07, 6.45) is 0.736. The fourth-order valence-electron chi connectivity index (χ4n) is 2.57. The molecule has 0 saturated carbocycles. The van der Waals surface area contributed by atoms with Crippen molar-refractivity contribution in [3.8, 4) is 5.75 Å². The van der Waals surface area contributed by atoms with Crippen LogP contribution in [0.3, 0.4) is 0 Å². The Labute approximate surface area is 173 Å². The van der Waals surface area contributed by atoms with Crippen molar-refractivity contribution in [3.05, 3.63) is 59.1 Å². The molecular formula is C19H20N4O4S2. The molecule has 2 aromatic carbocycles. The molecule has 1 heterocycles. The van der Waals surface area contributed by atoms with Gasteiger partial charge in [-0.25, -0.2) is 8.42 Å². The number of para-hydroxylation sites is 2. The molecule has 0 aliphatic carbocycles. The highest BCUT2D eigenvalue weighted by molar-refractivity contribution is 7.92. The van der Waals surface area contributed by atoms with E-state index in [1.54, 1.807) is 24.3 Å². The van der Waals surface area contributed by atoms with Gasteiger partial charge in [-0.2, -0.15) is 0 Å². The first-order valence-electron chi connectivity index (χ1n) is 8.72. The highest BCUT2D eigenvalue weighted by Crippen LogP contribution is 2.30. The number of benzene rings is 2. The summed E-state index contributed by atoms with van der Waals surface area (Å²) in [4.78, 5) is 12.4. The molecule has 8 nitrogen and oxygen atoms in total. The normalized spacial score (nSPS) is 11.1. The predicted octanol–water partition coefficient (Wildman–Crippen LogP) is 3.19. The van der Waals surface area contributed by atoms with Gasteiger partial charge in [0.2, 0.25) is 5.13 Å². The molecule has 0 unspecified atom stereocenters. The van der Waals surface area contributed by atoms with E-state index in [9.17, 15) is 13.2 Å². The van der Waals surface area contributed by atoms with Gasteiger partial charge in [0.05, 0.1) is 17.7 Å². The van der Waals surface area contributed by atoms with Gasteiger partial charge in [0.1, 0.15) is 10.8 Å². The van der Waals surface area contributed by atoms with E-state index in [0.717, 1.165) is 15.7 Å². The zero-order valence-corrected chi connectivity index (χ0v) is 17.8. The fraction of sp³-hybridized carbons (Fsp3) is 0.211. The molecule has 152 valence electrons. The number of rotatable bonds is 7. The highest BCUT2D eigenvalue weighted by Gasteiger charge is 2.24. The summed E-state index contributed by atoms with van der Waals surface area (Å²) in [6.45, 7) is 1.95. The van der Waals surface area contributed by atoms with Gasteiger partial charge in [0, 0.05) is 12.6 Å². The molecule has 10 heteroatoms. The van der Waals surface area contributed by atoms with Crippen LogP contribution >= 0.6 is 11.3 Å². The van der Waals surface area contributed by atoms with E-state index in [0.29, 0.717) is 22.1 Å². The van der Waals surface area contributed by atoms with Crippen LogP contribution < -0.4 is 14.4 Å². The van der Waals surface area contributed by atoms with E-state index < -0.39 is 10.0 Å². The maximum absolute atomic E-state index is 13.0. The van der Waals surface area contributed by atoms with Gasteiger partial charge in [0.15, 0.2) is 0 Å². The minimum atomic E-state index is -3.82. The van der Waals surface area contributed by atoms with Gasteiger partial charge in [-0.1, -0.05) is 30.4 Å². The van der Waals surface area contributed by atoms with Crippen molar-refractivity contribution >= 4 is 38.1 Å². The number of carbonyl (C=O) groups excluding carboxylic acids is 1. The topological polar surface area (TPSA) is 101 Å². The number of aryl methyl sites for hydroxylation is 1. The third-order valence-electron chi connectivity index (χ3n) is 4.19. The van der Waals surface area contributed by atoms with E-state index in [2.05, 4.69) is 15.5 Å². The van der Waals surface area contributed by atoms with Crippen LogP contribution in [0, 0.1) is 0 Å². The molecule has 0 fully saturated rings. The summed E-state index contributed by atoms with van der Waals surface area (Å²) < 4.78 is 32.3. The first-order chi connectivity index (χ1) is 13.9. The van der Waals surface area contributed by atoms with E-state index >= 15 is 0 Å². The zero-order chi connectivity index (χ0) is 21.0. The Hall–Kier alpha value is -2.98. The van der Waals surface area contributed by atoms with Gasteiger partial charge in [-0.15, -0.1) is 10.2 Å². The Morgan fingerprint density at radius 1 is 1.14 bits per heavy atom. The molecular weight excluding hydrogens is 412 g/mol. The van der Waals surface area contributed by atoms with Crippen LogP contribution in [0.2, 0.25) is 0 Å². The number of nitrogens with one attached hydrogen (secondary N) is 1. The minimum Gasteiger partial charge on any atom is -0.495 e. The number of carbonyl (C=O) groups is 1. The average Bonchev–Trinajstić information content (AvgIpc) is 3.20. The van der Waals surface area contributed by atoms with Crippen molar-refractivity contribution in [3.63, 3.8) is 0 Å². The second-order valence-corrected chi connectivity index (χ2v) is 9.01. The molecule has 29 heavy (non-hydrogen) atoms. The Bertz CT molecular complexity index is 1110. The predicted molar refractivity (Wildman–Crippen MR) is 112 cm³/mol. The Kier molecular flexibility index (Phi) is 6.14. The lowest BCUT2D eigenvalue weighted by Crippen LogP contribution is -2.27. The van der Waals surface area contributed by atoms with E-state index in [1.807, 2.05) is 6.92 Å². The van der Waals surface area contributed by atoms with Crippen molar-refractivity contribution in [1.82, 2.24) is 10.2 Å². The van der Waals surface area contributed by atoms with Crippen LogP contribution in [-0.2, 0) is 16.4 Å². The quantitative estimate of drug-likeness (QED) is 0.615. The molecule has 0 aliphatic heterocycles. The number of amides is 1. The van der Waals surface area contributed by atoms with Crippen molar-refractivity contribution < 1.29 is 17.9 Å². The molecule has 0 radical (unpaired) electrons. The molecule has 0 aliphatic rings. The van der Waals surface area contributed by atoms with Crippen LogP contribution in [0.15, 0.2) is 53.4 Å². The number of aromatic nitrogens is 2. The minimum absolute atomic E-state index is 0.0617. The first kappa shape index (κ1) is 20.7. The summed E-state index contributed by atoms with van der Waals surface area (Å²) in [5, 5.41) is 11.7. The van der Waals surface area contributed by atoms with Crippen molar-refractivity contribution in [2.75, 3.05) is 23.8 Å². The SMILES string of the molecule is CCc1nnc(NC(=O)c2ccc(S(=O)(=O)N(C)c3ccccc3OC)cc2)s1. The maximum atomic E-state index is 13.0. The van der Waals surface area contributed by atoms with Gasteiger partial charge in [-0.05, 0) is 42.8 Å². The summed E-state index contributed by atoms with van der Waals surface area (Å²) in [6, 6.07) is 12.5. The van der Waals surface area contributed by atoms with E-state index in [4.69, 9.17) is 4.74 Å². The van der Waals surface area contributed by atoms with Crippen LogP contribution in [0.5, 0.6) is 5.75 Å². The molecule has 0 saturated heterocycles. The highest BCUT2D eigenvalue weighted by atomic mass is 32.2. The standard InChI is InChI=1S/C19H20N4O4S2/c1-4-17-21-22-19(28-17)20-18(24)13-9-11-14(12-10-13)29(25,26)23(2)15-7-5-6-8-16(15)27-3/h5-12H,4H2,1-3H3,(H,20,22,24). The second-order valence-electron chi connectivity index (χ2n) is 5.98. The molecule has 0 atom stereocenters. The van der Waals surface area contributed by atoms with Crippen LogP contribution in [-0.4, -0.2) is 38.7 Å². The lowest BCUT2D eigenvalue weighted by atomic mass is 10.2. The number of nitrogens with zero attached hydrogens (tertiary/aromatic N) is 3. The zero-order valence-electron chi connectivity index (χ0n) is 16.1. The van der Waals surface area contributed by atoms with Crippen molar-refractivity contribution in [2.24, 2.45) is 0 Å². The Morgan fingerprint density at radius 3 is 2.45 bits per heavy atom. The Morgan fingerprint density at radius 2 is 1.83 bits per heavy atom. The third kappa shape index (κ3) is 4.38. The second kappa shape index (κ2) is 8.58. The van der Waals surface area contributed by atoms with Gasteiger partial charge in [-0.3, -0.25) is 14.4 Å². The summed E-state index contributed by atoms with van der Waals surface area (Å²) in [5.74, 6) is 0.0592. The molecule has 1 amide bonds. The smallest absolute Gasteiger partial charge is 0.264 e. The lowest BCUT2D eigenvalue weighted by Gasteiger charge is -2.21. The van der Waals surface area contributed by atoms with Crippen LogP contribution in [0.1, 0.15) is 22.3 Å². The van der Waals surface area contributed by atoms with Crippen LogP contribution in [0.4, 0.5) is 10.8 Å². The van der Waals surface area contributed by atoms with Gasteiger partial charge >= 0.3 is 0 Å². The molecule has 3 aromatic rings. The largest absolute Gasteiger partial charge is 0.495 e. The van der Waals surface area contributed by atoms with Crippen molar-refractivity contribution in [2.45, 2.75) is 18.2 Å². The average molecular weight is 433 g/mol. The van der Waals surface area contributed by atoms with Crippen LogP contribution in [0.25, 0.3) is 0 Å². The molecule has 0 spiro atoms. The molecule has 1 aromatic heterocycles. The number of sulfonamides is 1. The fourth-order valence-corrected chi connectivity index (χ4v) is 4.45. The number of ether oxygens (including phenoxy) is 1. The number of anilines is 2. The summed E-state index contributed by atoms with van der Waals surface area (Å²) >= 11 is 1.30. The van der Waals surface area contributed by atoms with E-state index in [1.165, 1.54) is 49.8 Å². The van der Waals surface area contributed by atoms with Gasteiger partial charge < -0.3 is 4.74 Å². The number of hydrogen-bond acceptors (Lipinski definition) is 7. The summed E-state index contributed by atoms with van der Waals surface area (Å²) in [7, 11) is -0.891. The molecule has 0 bridgehead atoms. The third-order valence-corrected chi connectivity index (χ3v) is 6.96. The van der Waals surface area contributed by atoms with E-state index in [-0.39, 0.29) is 10.8 Å². The monoisotopic (exact) mass is 432 g/mol. The number of methoxy groups -OCH3 is 1.